The molecule has 0 spiro atoms. The first-order chi connectivity index (χ1) is 10.3. The molecule has 1 N–H and O–H groups in total. The minimum absolute atomic E-state index is 0.0836. The van der Waals surface area contributed by atoms with E-state index in [1.807, 2.05) is 30.3 Å². The Bertz CT molecular complexity index is 660. The molecule has 1 aliphatic carbocycles. The summed E-state index contributed by atoms with van der Waals surface area (Å²) in [7, 11) is 0. The van der Waals surface area contributed by atoms with Crippen LogP contribution in [0.1, 0.15) is 17.5 Å². The zero-order valence-electron chi connectivity index (χ0n) is 11.9. The third-order valence-corrected chi connectivity index (χ3v) is 3.86. The van der Waals surface area contributed by atoms with Crippen molar-refractivity contribution in [1.82, 2.24) is 0 Å². The Morgan fingerprint density at radius 2 is 2.00 bits per heavy atom. The fraction of sp³-hybridized carbons (Fsp3) is 0.278. The number of nitriles is 1. The second-order valence-corrected chi connectivity index (χ2v) is 5.33. The summed E-state index contributed by atoms with van der Waals surface area (Å²) in [6.07, 6.45) is 3.32. The van der Waals surface area contributed by atoms with Crippen LogP contribution in [0.3, 0.4) is 0 Å². The molecule has 0 aliphatic heterocycles. The second-order valence-electron chi connectivity index (χ2n) is 5.33. The fourth-order valence-electron chi connectivity index (χ4n) is 2.85. The van der Waals surface area contributed by atoms with Crippen molar-refractivity contribution in [3.63, 3.8) is 0 Å². The van der Waals surface area contributed by atoms with Gasteiger partial charge in [0, 0.05) is 17.8 Å². The van der Waals surface area contributed by atoms with Crippen molar-refractivity contribution in [3.8, 4) is 11.8 Å². The van der Waals surface area contributed by atoms with Gasteiger partial charge in [0.25, 0.3) is 0 Å². The first kappa shape index (κ1) is 13.5. The second kappa shape index (κ2) is 6.32. The summed E-state index contributed by atoms with van der Waals surface area (Å²) in [6, 6.07) is 18.9. The minimum Gasteiger partial charge on any atom is -0.479 e. The van der Waals surface area contributed by atoms with Gasteiger partial charge in [0.15, 0.2) is 6.61 Å². The van der Waals surface area contributed by atoms with E-state index in [9.17, 15) is 0 Å². The molecule has 0 fully saturated rings. The lowest BCUT2D eigenvalue weighted by atomic mass is 9.88. The lowest BCUT2D eigenvalue weighted by molar-refractivity contribution is 0.368. The summed E-state index contributed by atoms with van der Waals surface area (Å²) in [5.41, 5.74) is 3.97. The van der Waals surface area contributed by atoms with Gasteiger partial charge >= 0.3 is 0 Å². The van der Waals surface area contributed by atoms with Crippen LogP contribution in [0, 0.1) is 11.3 Å². The standard InChI is InChI=1S/C18H18N2O/c19-10-11-21-18-7-3-6-16(13-18)20-17-9-8-14-4-1-2-5-15(14)12-17/h1-7,13,17,20H,8-9,11-12H2. The molecule has 21 heavy (non-hydrogen) atoms. The molecule has 0 aromatic heterocycles. The highest BCUT2D eigenvalue weighted by Gasteiger charge is 2.17. The van der Waals surface area contributed by atoms with Crippen LogP contribution in [0.2, 0.25) is 0 Å². The molecule has 0 bridgehead atoms. The maximum atomic E-state index is 8.56. The molecule has 1 unspecified atom stereocenters. The van der Waals surface area contributed by atoms with Crippen molar-refractivity contribution in [2.24, 2.45) is 0 Å². The van der Waals surface area contributed by atoms with Crippen molar-refractivity contribution in [1.29, 1.82) is 5.26 Å². The number of hydrogen-bond donors (Lipinski definition) is 1. The predicted octanol–water partition coefficient (Wildman–Crippen LogP) is 3.56. The van der Waals surface area contributed by atoms with Crippen LogP contribution >= 0.6 is 0 Å². The molecule has 0 radical (unpaired) electrons. The van der Waals surface area contributed by atoms with Crippen LogP contribution in [0.4, 0.5) is 5.69 Å². The highest BCUT2D eigenvalue weighted by atomic mass is 16.5. The van der Waals surface area contributed by atoms with Gasteiger partial charge in [0.1, 0.15) is 11.8 Å². The minimum atomic E-state index is 0.0836. The number of nitrogens with zero attached hydrogens (tertiary/aromatic N) is 1. The highest BCUT2D eigenvalue weighted by Crippen LogP contribution is 2.25. The Labute approximate surface area is 125 Å². The Balaban J connectivity index is 1.66. The SMILES string of the molecule is N#CCOc1cccc(NC2CCc3ccccc3C2)c1. The molecule has 1 aliphatic rings. The van der Waals surface area contributed by atoms with Gasteiger partial charge in [-0.15, -0.1) is 0 Å². The number of rotatable bonds is 4. The van der Waals surface area contributed by atoms with Crippen molar-refractivity contribution in [2.45, 2.75) is 25.3 Å². The number of benzene rings is 2. The predicted molar refractivity (Wildman–Crippen MR) is 83.4 cm³/mol. The first-order valence-electron chi connectivity index (χ1n) is 7.28. The summed E-state index contributed by atoms with van der Waals surface area (Å²) in [5.74, 6) is 0.734. The molecule has 2 aromatic carbocycles. The third kappa shape index (κ3) is 3.35. The quantitative estimate of drug-likeness (QED) is 0.930. The lowest BCUT2D eigenvalue weighted by Gasteiger charge is -2.26. The molecular weight excluding hydrogens is 260 g/mol. The molecule has 3 rings (SSSR count). The van der Waals surface area contributed by atoms with Crippen LogP contribution < -0.4 is 10.1 Å². The van der Waals surface area contributed by atoms with Gasteiger partial charge in [-0.25, -0.2) is 0 Å². The highest BCUT2D eigenvalue weighted by molar-refractivity contribution is 5.49. The first-order valence-corrected chi connectivity index (χ1v) is 7.28. The van der Waals surface area contributed by atoms with Crippen molar-refractivity contribution in [2.75, 3.05) is 11.9 Å². The fourth-order valence-corrected chi connectivity index (χ4v) is 2.85. The lowest BCUT2D eigenvalue weighted by Crippen LogP contribution is -2.27. The van der Waals surface area contributed by atoms with Crippen LogP contribution in [0.5, 0.6) is 5.75 Å². The van der Waals surface area contributed by atoms with Crippen molar-refractivity contribution < 1.29 is 4.74 Å². The number of hydrogen-bond acceptors (Lipinski definition) is 3. The van der Waals surface area contributed by atoms with Gasteiger partial charge in [-0.3, -0.25) is 0 Å². The van der Waals surface area contributed by atoms with Crippen molar-refractivity contribution in [3.05, 3.63) is 59.7 Å². The summed E-state index contributed by atoms with van der Waals surface area (Å²) in [5, 5.41) is 12.1. The van der Waals surface area contributed by atoms with E-state index >= 15 is 0 Å². The number of anilines is 1. The molecule has 0 heterocycles. The van der Waals surface area contributed by atoms with E-state index in [0.717, 1.165) is 30.7 Å². The van der Waals surface area contributed by atoms with E-state index in [-0.39, 0.29) is 6.61 Å². The molecule has 0 amide bonds. The monoisotopic (exact) mass is 278 g/mol. The summed E-state index contributed by atoms with van der Waals surface area (Å²) < 4.78 is 5.34. The Morgan fingerprint density at radius 1 is 1.14 bits per heavy atom. The number of nitrogens with one attached hydrogen (secondary N) is 1. The Morgan fingerprint density at radius 3 is 2.86 bits per heavy atom. The average molecular weight is 278 g/mol. The van der Waals surface area contributed by atoms with Gasteiger partial charge in [-0.2, -0.15) is 5.26 Å². The van der Waals surface area contributed by atoms with Gasteiger partial charge in [-0.05, 0) is 42.5 Å². The molecular formula is C18H18N2O. The van der Waals surface area contributed by atoms with Crippen molar-refractivity contribution >= 4 is 5.69 Å². The summed E-state index contributed by atoms with van der Waals surface area (Å²) >= 11 is 0. The Kier molecular flexibility index (Phi) is 4.07. The molecule has 0 saturated carbocycles. The molecule has 106 valence electrons. The van der Waals surface area contributed by atoms with Crippen LogP contribution in [0.25, 0.3) is 0 Å². The average Bonchev–Trinajstić information content (AvgIpc) is 2.53. The van der Waals surface area contributed by atoms with Gasteiger partial charge in [-0.1, -0.05) is 30.3 Å². The summed E-state index contributed by atoms with van der Waals surface area (Å²) in [4.78, 5) is 0. The molecule has 2 aromatic rings. The van der Waals surface area contributed by atoms with Gasteiger partial charge in [0.2, 0.25) is 0 Å². The molecule has 3 nitrogen and oxygen atoms in total. The van der Waals surface area contributed by atoms with E-state index < -0.39 is 0 Å². The zero-order chi connectivity index (χ0) is 14.5. The van der Waals surface area contributed by atoms with E-state index in [1.165, 1.54) is 11.1 Å². The molecule has 1 atom stereocenters. The maximum Gasteiger partial charge on any atom is 0.174 e. The normalized spacial score (nSPS) is 16.6. The smallest absolute Gasteiger partial charge is 0.174 e. The number of ether oxygens (including phenoxy) is 1. The van der Waals surface area contributed by atoms with Crippen LogP contribution in [0.15, 0.2) is 48.5 Å². The molecule has 0 saturated heterocycles. The Hall–Kier alpha value is -2.47. The molecule has 3 heteroatoms. The topological polar surface area (TPSA) is 45.0 Å². The van der Waals surface area contributed by atoms with Crippen LogP contribution in [-0.4, -0.2) is 12.6 Å². The van der Waals surface area contributed by atoms with E-state index in [4.69, 9.17) is 10.00 Å². The van der Waals surface area contributed by atoms with E-state index in [0.29, 0.717) is 6.04 Å². The number of aryl methyl sites for hydroxylation is 1. The van der Waals surface area contributed by atoms with E-state index in [1.54, 1.807) is 0 Å². The summed E-state index contributed by atoms with van der Waals surface area (Å²) in [6.45, 7) is 0.0836. The van der Waals surface area contributed by atoms with E-state index in [2.05, 4.69) is 29.6 Å². The maximum absolute atomic E-state index is 8.56. The third-order valence-electron chi connectivity index (χ3n) is 3.86. The largest absolute Gasteiger partial charge is 0.479 e. The zero-order valence-corrected chi connectivity index (χ0v) is 11.9. The number of fused-ring (bicyclic) bond motifs is 1. The van der Waals surface area contributed by atoms with Crippen LogP contribution in [-0.2, 0) is 12.8 Å². The van der Waals surface area contributed by atoms with Gasteiger partial charge < -0.3 is 10.1 Å². The van der Waals surface area contributed by atoms with Gasteiger partial charge in [0.05, 0.1) is 0 Å².